The van der Waals surface area contributed by atoms with E-state index in [1.165, 1.54) is 25.3 Å². The second-order valence-electron chi connectivity index (χ2n) is 8.44. The number of aryl methyl sites for hydroxylation is 1. The van der Waals surface area contributed by atoms with Crippen molar-refractivity contribution in [3.8, 4) is 0 Å². The second kappa shape index (κ2) is 7.88. The number of piperidine rings is 1. The van der Waals surface area contributed by atoms with Crippen molar-refractivity contribution in [3.05, 3.63) is 29.3 Å². The largest absolute Gasteiger partial charge is 0.469 e. The molecule has 29 heavy (non-hydrogen) atoms. The zero-order valence-corrected chi connectivity index (χ0v) is 17.1. The van der Waals surface area contributed by atoms with Gasteiger partial charge in [0.1, 0.15) is 0 Å². The van der Waals surface area contributed by atoms with Crippen LogP contribution in [0.25, 0.3) is 0 Å². The van der Waals surface area contributed by atoms with Crippen molar-refractivity contribution < 1.29 is 24.2 Å². The Balaban J connectivity index is 1.49. The quantitative estimate of drug-likeness (QED) is 0.777. The summed E-state index contributed by atoms with van der Waals surface area (Å²) >= 11 is 0. The van der Waals surface area contributed by atoms with E-state index in [0.717, 1.165) is 17.8 Å². The average molecular weight is 400 g/mol. The van der Waals surface area contributed by atoms with Gasteiger partial charge >= 0.3 is 5.97 Å². The van der Waals surface area contributed by atoms with E-state index in [2.05, 4.69) is 13.0 Å². The third-order valence-electron chi connectivity index (χ3n) is 6.59. The van der Waals surface area contributed by atoms with Gasteiger partial charge in [-0.3, -0.25) is 14.6 Å². The van der Waals surface area contributed by atoms with Crippen LogP contribution >= 0.6 is 0 Å². The van der Waals surface area contributed by atoms with Crippen LogP contribution in [0.5, 0.6) is 0 Å². The summed E-state index contributed by atoms with van der Waals surface area (Å²) in [5, 5.41) is 10.5. The minimum absolute atomic E-state index is 0.0150. The molecular formula is C22H28N2O5. The zero-order chi connectivity index (χ0) is 20.7. The molecule has 0 spiro atoms. The van der Waals surface area contributed by atoms with E-state index < -0.39 is 24.1 Å². The highest BCUT2D eigenvalue weighted by atomic mass is 16.5. The van der Waals surface area contributed by atoms with Crippen LogP contribution in [0.4, 0.5) is 5.69 Å². The van der Waals surface area contributed by atoms with Crippen molar-refractivity contribution in [2.24, 2.45) is 22.7 Å². The normalized spacial score (nSPS) is 31.2. The number of methoxy groups -OCH3 is 2. The van der Waals surface area contributed by atoms with E-state index in [9.17, 15) is 14.7 Å². The Kier molecular flexibility index (Phi) is 5.44. The number of nitrogens with zero attached hydrogens (tertiary/aromatic N) is 2. The predicted molar refractivity (Wildman–Crippen MR) is 107 cm³/mol. The summed E-state index contributed by atoms with van der Waals surface area (Å²) in [5.41, 5.74) is 4.36. The number of aliphatic imine (C=N–C) groups is 1. The molecule has 1 amide bonds. The number of likely N-dealkylation sites (tertiary alicyclic amines) is 1. The van der Waals surface area contributed by atoms with Gasteiger partial charge in [0.2, 0.25) is 5.91 Å². The van der Waals surface area contributed by atoms with Gasteiger partial charge in [0, 0.05) is 32.2 Å². The number of rotatable bonds is 4. The molecular weight excluding hydrogens is 372 g/mol. The maximum Gasteiger partial charge on any atom is 0.311 e. The molecule has 5 unspecified atom stereocenters. The van der Waals surface area contributed by atoms with Gasteiger partial charge in [-0.25, -0.2) is 0 Å². The number of aliphatic hydroxyl groups excluding tert-OH is 1. The number of aliphatic hydroxyl groups is 1. The molecule has 0 bridgehead atoms. The molecule has 1 N–H and O–H groups in total. The predicted octanol–water partition coefficient (Wildman–Crippen LogP) is 1.66. The first-order valence-corrected chi connectivity index (χ1v) is 10.1. The van der Waals surface area contributed by atoms with Crippen molar-refractivity contribution in [2.75, 3.05) is 27.3 Å². The smallest absolute Gasteiger partial charge is 0.311 e. The first-order chi connectivity index (χ1) is 13.9. The monoisotopic (exact) mass is 400 g/mol. The molecule has 2 heterocycles. The van der Waals surface area contributed by atoms with Crippen LogP contribution in [-0.4, -0.2) is 67.1 Å². The Bertz CT molecular complexity index is 852. The van der Waals surface area contributed by atoms with E-state index in [-0.39, 0.29) is 24.2 Å². The topological polar surface area (TPSA) is 88.4 Å². The van der Waals surface area contributed by atoms with Gasteiger partial charge in [-0.2, -0.15) is 0 Å². The molecule has 156 valence electrons. The van der Waals surface area contributed by atoms with E-state index in [1.54, 1.807) is 0 Å². The molecule has 1 saturated carbocycles. The maximum atomic E-state index is 12.9. The van der Waals surface area contributed by atoms with Crippen LogP contribution in [0.3, 0.4) is 0 Å². The number of fused-ring (bicyclic) bond motifs is 2. The highest BCUT2D eigenvalue weighted by Gasteiger charge is 2.52. The van der Waals surface area contributed by atoms with Gasteiger partial charge in [0.15, 0.2) is 0 Å². The van der Waals surface area contributed by atoms with Gasteiger partial charge in [-0.05, 0) is 36.8 Å². The Morgan fingerprint density at radius 1 is 1.34 bits per heavy atom. The van der Waals surface area contributed by atoms with Crippen molar-refractivity contribution in [1.29, 1.82) is 0 Å². The van der Waals surface area contributed by atoms with Crippen LogP contribution in [0.2, 0.25) is 0 Å². The summed E-state index contributed by atoms with van der Waals surface area (Å²) in [7, 11) is 2.82. The summed E-state index contributed by atoms with van der Waals surface area (Å²) in [6.07, 6.45) is 0.132. The van der Waals surface area contributed by atoms with Crippen LogP contribution in [0, 0.1) is 24.7 Å². The molecule has 7 nitrogen and oxygen atoms in total. The molecule has 1 aromatic carbocycles. The van der Waals surface area contributed by atoms with Gasteiger partial charge in [0.25, 0.3) is 0 Å². The minimum atomic E-state index is -0.753. The number of benzene rings is 1. The number of carbonyl (C=O) groups excluding carboxylic acids is 2. The Hall–Kier alpha value is -2.25. The fraction of sp³-hybridized carbons (Fsp3) is 0.591. The number of hydrogen-bond donors (Lipinski definition) is 1. The molecule has 2 aliphatic heterocycles. The van der Waals surface area contributed by atoms with Gasteiger partial charge in [0.05, 0.1) is 37.5 Å². The van der Waals surface area contributed by atoms with Crippen LogP contribution < -0.4 is 0 Å². The van der Waals surface area contributed by atoms with Gasteiger partial charge in [-0.1, -0.05) is 17.7 Å². The highest BCUT2D eigenvalue weighted by molar-refractivity contribution is 5.97. The minimum Gasteiger partial charge on any atom is -0.469 e. The van der Waals surface area contributed by atoms with Crippen molar-refractivity contribution in [3.63, 3.8) is 0 Å². The Morgan fingerprint density at radius 3 is 2.86 bits per heavy atom. The summed E-state index contributed by atoms with van der Waals surface area (Å²) in [5.74, 6) is -1.17. The van der Waals surface area contributed by atoms with E-state index in [0.29, 0.717) is 19.5 Å². The third kappa shape index (κ3) is 3.69. The van der Waals surface area contributed by atoms with Gasteiger partial charge < -0.3 is 19.5 Å². The zero-order valence-electron chi connectivity index (χ0n) is 17.1. The van der Waals surface area contributed by atoms with Crippen molar-refractivity contribution in [1.82, 2.24) is 4.90 Å². The first kappa shape index (κ1) is 20.0. The summed E-state index contributed by atoms with van der Waals surface area (Å²) in [6.45, 7) is 3.06. The summed E-state index contributed by atoms with van der Waals surface area (Å²) in [4.78, 5) is 31.8. The van der Waals surface area contributed by atoms with Crippen molar-refractivity contribution in [2.45, 2.75) is 38.4 Å². The Labute approximate surface area is 170 Å². The lowest BCUT2D eigenvalue weighted by Gasteiger charge is -2.48. The maximum absolute atomic E-state index is 12.9. The molecule has 3 aliphatic rings. The average Bonchev–Trinajstić information content (AvgIpc) is 3.08. The van der Waals surface area contributed by atoms with E-state index in [4.69, 9.17) is 14.5 Å². The SMILES string of the molecule is COC(=O)C1C2CC(=O)N(CC3=Nc4ccc(C)cc4C3)CC2CC(O)C1OC. The molecule has 1 saturated heterocycles. The molecule has 0 aromatic heterocycles. The van der Waals surface area contributed by atoms with Crippen molar-refractivity contribution >= 4 is 23.3 Å². The standard InChI is InChI=1S/C22H28N2O5/c1-12-4-5-17-13(6-12)7-15(23-17)11-24-10-14-8-18(25)21(28-2)20(22(27)29-3)16(14)9-19(24)26/h4-6,14,16,18,20-21,25H,7-11H2,1-3H3. The van der Waals surface area contributed by atoms with E-state index >= 15 is 0 Å². The van der Waals surface area contributed by atoms with Crippen LogP contribution in [0.1, 0.15) is 24.0 Å². The lowest BCUT2D eigenvalue weighted by atomic mass is 9.66. The lowest BCUT2D eigenvalue weighted by Crippen LogP contribution is -2.58. The number of carbonyl (C=O) groups is 2. The molecule has 0 radical (unpaired) electrons. The first-order valence-electron chi connectivity index (χ1n) is 10.1. The molecule has 1 aromatic rings. The second-order valence-corrected chi connectivity index (χ2v) is 8.44. The summed E-state index contributed by atoms with van der Waals surface area (Å²) in [6, 6.07) is 6.21. The molecule has 1 aliphatic carbocycles. The highest BCUT2D eigenvalue weighted by Crippen LogP contribution is 2.42. The molecule has 2 fully saturated rings. The fourth-order valence-corrected chi connectivity index (χ4v) is 5.22. The van der Waals surface area contributed by atoms with Crippen LogP contribution in [0.15, 0.2) is 23.2 Å². The number of esters is 1. The Morgan fingerprint density at radius 2 is 2.14 bits per heavy atom. The molecule has 7 heteroatoms. The van der Waals surface area contributed by atoms with Crippen LogP contribution in [-0.2, 0) is 25.5 Å². The third-order valence-corrected chi connectivity index (χ3v) is 6.59. The molecule has 5 atom stereocenters. The molecule has 4 rings (SSSR count). The van der Waals surface area contributed by atoms with E-state index in [1.807, 2.05) is 17.0 Å². The fourth-order valence-electron chi connectivity index (χ4n) is 5.22. The number of ether oxygens (including phenoxy) is 2. The number of amides is 1. The lowest BCUT2D eigenvalue weighted by molar-refractivity contribution is -0.175. The number of hydrogen-bond acceptors (Lipinski definition) is 6. The summed E-state index contributed by atoms with van der Waals surface area (Å²) < 4.78 is 10.4. The van der Waals surface area contributed by atoms with Gasteiger partial charge in [-0.15, -0.1) is 0 Å².